The third-order valence-electron chi connectivity index (χ3n) is 3.16. The number of rotatable bonds is 4. The number of hydrogen-bond donors (Lipinski definition) is 2. The minimum absolute atomic E-state index is 0.326. The Balaban J connectivity index is 2.25. The maximum Gasteiger partial charge on any atom is 0.325 e. The van der Waals surface area contributed by atoms with Crippen LogP contribution in [0.25, 0.3) is 10.1 Å². The van der Waals surface area contributed by atoms with Crippen molar-refractivity contribution in [3.63, 3.8) is 0 Å². The molecule has 0 amide bonds. The molecule has 2 aromatic heterocycles. The molecule has 2 aromatic rings. The van der Waals surface area contributed by atoms with Crippen LogP contribution in [-0.4, -0.2) is 27.9 Å². The standard InChI is InChI=1S/C12H13N3O3S/c1-13-8-4-7-10(6-2-3-6)14-15(5-9(16)17)12(18)11(7)19-8/h4,6,13H,2-3,5H2,1H3,(H,16,17). The topological polar surface area (TPSA) is 84.2 Å². The van der Waals surface area contributed by atoms with Gasteiger partial charge in [0.25, 0.3) is 5.56 Å². The largest absolute Gasteiger partial charge is 0.480 e. The van der Waals surface area contributed by atoms with Crippen molar-refractivity contribution in [2.24, 2.45) is 0 Å². The van der Waals surface area contributed by atoms with Gasteiger partial charge in [-0.05, 0) is 18.9 Å². The van der Waals surface area contributed by atoms with Crippen LogP contribution in [0.1, 0.15) is 24.5 Å². The molecule has 0 aliphatic heterocycles. The number of nitrogens with zero attached hydrogens (tertiary/aromatic N) is 2. The van der Waals surface area contributed by atoms with Crippen molar-refractivity contribution in [2.75, 3.05) is 12.4 Å². The maximum atomic E-state index is 12.2. The monoisotopic (exact) mass is 279 g/mol. The summed E-state index contributed by atoms with van der Waals surface area (Å²) in [5.74, 6) is -0.691. The van der Waals surface area contributed by atoms with E-state index in [2.05, 4.69) is 10.4 Å². The zero-order valence-corrected chi connectivity index (χ0v) is 11.2. The van der Waals surface area contributed by atoms with E-state index in [0.29, 0.717) is 10.6 Å². The Labute approximate surface area is 112 Å². The molecule has 0 radical (unpaired) electrons. The summed E-state index contributed by atoms with van der Waals surface area (Å²) in [4.78, 5) is 23.0. The average Bonchev–Trinajstić information content (AvgIpc) is 3.10. The lowest BCUT2D eigenvalue weighted by Gasteiger charge is -2.05. The molecule has 19 heavy (non-hydrogen) atoms. The Morgan fingerprint density at radius 2 is 2.37 bits per heavy atom. The number of hydrogen-bond acceptors (Lipinski definition) is 5. The summed E-state index contributed by atoms with van der Waals surface area (Å²) in [7, 11) is 1.80. The Morgan fingerprint density at radius 3 is 2.95 bits per heavy atom. The van der Waals surface area contributed by atoms with Crippen molar-refractivity contribution in [3.8, 4) is 0 Å². The molecular weight excluding hydrogens is 266 g/mol. The number of fused-ring (bicyclic) bond motifs is 1. The lowest BCUT2D eigenvalue weighted by atomic mass is 10.2. The summed E-state index contributed by atoms with van der Waals surface area (Å²) in [6, 6.07) is 1.92. The molecule has 1 saturated carbocycles. The lowest BCUT2D eigenvalue weighted by Crippen LogP contribution is -2.27. The van der Waals surface area contributed by atoms with Gasteiger partial charge in [-0.25, -0.2) is 4.68 Å². The molecule has 1 aliphatic carbocycles. The van der Waals surface area contributed by atoms with Gasteiger partial charge in [0.1, 0.15) is 11.2 Å². The van der Waals surface area contributed by atoms with Gasteiger partial charge in [0.2, 0.25) is 0 Å². The van der Waals surface area contributed by atoms with Crippen LogP contribution in [-0.2, 0) is 11.3 Å². The second kappa shape index (κ2) is 4.34. The molecule has 0 saturated heterocycles. The van der Waals surface area contributed by atoms with E-state index in [1.165, 1.54) is 11.3 Å². The minimum Gasteiger partial charge on any atom is -0.480 e. The molecule has 0 spiro atoms. The second-order valence-electron chi connectivity index (χ2n) is 4.62. The zero-order valence-electron chi connectivity index (χ0n) is 10.3. The number of thiophene rings is 1. The van der Waals surface area contributed by atoms with Crippen molar-refractivity contribution in [3.05, 3.63) is 22.1 Å². The second-order valence-corrected chi connectivity index (χ2v) is 5.67. The number of carboxylic acids is 1. The van der Waals surface area contributed by atoms with Crippen LogP contribution in [0.15, 0.2) is 10.9 Å². The highest BCUT2D eigenvalue weighted by molar-refractivity contribution is 7.22. The van der Waals surface area contributed by atoms with Gasteiger partial charge in [0.15, 0.2) is 0 Å². The third-order valence-corrected chi connectivity index (χ3v) is 4.30. The van der Waals surface area contributed by atoms with Crippen LogP contribution >= 0.6 is 11.3 Å². The molecule has 1 fully saturated rings. The number of anilines is 1. The molecule has 2 N–H and O–H groups in total. The van der Waals surface area contributed by atoms with Gasteiger partial charge in [-0.2, -0.15) is 5.10 Å². The van der Waals surface area contributed by atoms with E-state index >= 15 is 0 Å². The van der Waals surface area contributed by atoms with Gasteiger partial charge in [0.05, 0.1) is 10.7 Å². The number of aromatic nitrogens is 2. The van der Waals surface area contributed by atoms with E-state index < -0.39 is 5.97 Å². The summed E-state index contributed by atoms with van der Waals surface area (Å²) >= 11 is 1.35. The zero-order chi connectivity index (χ0) is 13.6. The fourth-order valence-corrected chi connectivity index (χ4v) is 3.07. The van der Waals surface area contributed by atoms with Crippen molar-refractivity contribution in [1.29, 1.82) is 0 Å². The van der Waals surface area contributed by atoms with Crippen molar-refractivity contribution < 1.29 is 9.90 Å². The number of carboxylic acid groups (broad SMARTS) is 1. The molecule has 7 heteroatoms. The van der Waals surface area contributed by atoms with Crippen LogP contribution in [0, 0.1) is 0 Å². The summed E-state index contributed by atoms with van der Waals surface area (Å²) in [5, 5.41) is 17.9. The SMILES string of the molecule is CNc1cc2c(C3CC3)nn(CC(=O)O)c(=O)c2s1. The predicted molar refractivity (Wildman–Crippen MR) is 73.0 cm³/mol. The van der Waals surface area contributed by atoms with E-state index in [1.54, 1.807) is 7.05 Å². The highest BCUT2D eigenvalue weighted by Gasteiger charge is 2.29. The highest BCUT2D eigenvalue weighted by Crippen LogP contribution is 2.43. The van der Waals surface area contributed by atoms with Crippen molar-refractivity contribution in [2.45, 2.75) is 25.3 Å². The number of carbonyl (C=O) groups is 1. The van der Waals surface area contributed by atoms with Crippen LogP contribution in [0.3, 0.4) is 0 Å². The van der Waals surface area contributed by atoms with E-state index in [9.17, 15) is 9.59 Å². The maximum absolute atomic E-state index is 12.2. The van der Waals surface area contributed by atoms with Crippen LogP contribution in [0.4, 0.5) is 5.00 Å². The minimum atomic E-state index is -1.05. The fraction of sp³-hybridized carbons (Fsp3) is 0.417. The molecular formula is C12H13N3O3S. The fourth-order valence-electron chi connectivity index (χ4n) is 2.10. The average molecular weight is 279 g/mol. The van der Waals surface area contributed by atoms with Crippen LogP contribution in [0.2, 0.25) is 0 Å². The molecule has 0 bridgehead atoms. The van der Waals surface area contributed by atoms with Gasteiger partial charge >= 0.3 is 5.97 Å². The normalized spacial score (nSPS) is 14.8. The van der Waals surface area contributed by atoms with Crippen molar-refractivity contribution >= 4 is 32.4 Å². The van der Waals surface area contributed by atoms with Crippen LogP contribution < -0.4 is 10.9 Å². The van der Waals surface area contributed by atoms with Gasteiger partial charge in [-0.3, -0.25) is 9.59 Å². The Kier molecular flexibility index (Phi) is 2.78. The quantitative estimate of drug-likeness (QED) is 0.885. The Morgan fingerprint density at radius 1 is 1.63 bits per heavy atom. The smallest absolute Gasteiger partial charge is 0.325 e. The first-order chi connectivity index (χ1) is 9.10. The molecule has 100 valence electrons. The van der Waals surface area contributed by atoms with Gasteiger partial charge in [-0.1, -0.05) is 0 Å². The molecule has 1 aliphatic rings. The first-order valence-corrected chi connectivity index (χ1v) is 6.86. The number of nitrogens with one attached hydrogen (secondary N) is 1. The third kappa shape index (κ3) is 2.10. The van der Waals surface area contributed by atoms with Gasteiger partial charge in [-0.15, -0.1) is 11.3 Å². The first-order valence-electron chi connectivity index (χ1n) is 6.04. The van der Waals surface area contributed by atoms with E-state index in [4.69, 9.17) is 5.11 Å². The summed E-state index contributed by atoms with van der Waals surface area (Å²) in [6.07, 6.45) is 2.11. The molecule has 3 rings (SSSR count). The summed E-state index contributed by atoms with van der Waals surface area (Å²) < 4.78 is 1.65. The van der Waals surface area contributed by atoms with Gasteiger partial charge < -0.3 is 10.4 Å². The molecule has 0 atom stereocenters. The van der Waals surface area contributed by atoms with Gasteiger partial charge in [0, 0.05) is 18.4 Å². The molecule has 6 nitrogen and oxygen atoms in total. The van der Waals surface area contributed by atoms with Crippen LogP contribution in [0.5, 0.6) is 0 Å². The Hall–Kier alpha value is -1.89. The molecule has 2 heterocycles. The highest BCUT2D eigenvalue weighted by atomic mass is 32.1. The van der Waals surface area contributed by atoms with E-state index in [1.807, 2.05) is 6.07 Å². The van der Waals surface area contributed by atoms with E-state index in [-0.39, 0.29) is 12.1 Å². The summed E-state index contributed by atoms with van der Waals surface area (Å²) in [5.41, 5.74) is 0.530. The van der Waals surface area contributed by atoms with Crippen molar-refractivity contribution in [1.82, 2.24) is 9.78 Å². The lowest BCUT2D eigenvalue weighted by molar-refractivity contribution is -0.138. The first kappa shape index (κ1) is 12.2. The molecule has 0 unspecified atom stereocenters. The number of aliphatic carboxylic acids is 1. The molecule has 0 aromatic carbocycles. The summed E-state index contributed by atoms with van der Waals surface area (Å²) in [6.45, 7) is -0.388. The van der Waals surface area contributed by atoms with E-state index in [0.717, 1.165) is 33.6 Å². The predicted octanol–water partition coefficient (Wildman–Crippen LogP) is 1.46. The Bertz CT molecular complexity index is 715.